The van der Waals surface area contributed by atoms with Crippen molar-refractivity contribution < 1.29 is 23.9 Å². The first kappa shape index (κ1) is 23.7. The van der Waals surface area contributed by atoms with Crippen LogP contribution in [-0.4, -0.2) is 32.1 Å². The summed E-state index contributed by atoms with van der Waals surface area (Å²) in [5, 5.41) is 4.14. The lowest BCUT2D eigenvalue weighted by molar-refractivity contribution is 0.0601. The van der Waals surface area contributed by atoms with Crippen molar-refractivity contribution in [1.29, 1.82) is 0 Å². The largest absolute Gasteiger partial charge is 0.465 e. The van der Waals surface area contributed by atoms with E-state index >= 15 is 0 Å². The summed E-state index contributed by atoms with van der Waals surface area (Å²) in [6.07, 6.45) is 0.591. The predicted molar refractivity (Wildman–Crippen MR) is 135 cm³/mol. The minimum absolute atomic E-state index is 0.155. The lowest BCUT2D eigenvalue weighted by Crippen LogP contribution is -2.14. The highest BCUT2D eigenvalue weighted by Crippen LogP contribution is 2.37. The number of hydrogen-bond donors (Lipinski definition) is 1. The molecule has 6 nitrogen and oxygen atoms in total. The molecule has 2 heterocycles. The SMILES string of the molecule is COC(=O)c1sc(NC(=O)c2sc3ccccc3c2Cc2ccc(C)cc2)c(C(=O)OC)c1C. The van der Waals surface area contributed by atoms with Gasteiger partial charge in [0.2, 0.25) is 0 Å². The number of rotatable bonds is 6. The van der Waals surface area contributed by atoms with E-state index in [4.69, 9.17) is 9.47 Å². The van der Waals surface area contributed by atoms with Gasteiger partial charge in [0.25, 0.3) is 5.91 Å². The van der Waals surface area contributed by atoms with E-state index in [0.717, 1.165) is 32.5 Å². The first-order chi connectivity index (χ1) is 16.3. The number of hydrogen-bond acceptors (Lipinski definition) is 7. The van der Waals surface area contributed by atoms with Gasteiger partial charge < -0.3 is 14.8 Å². The second kappa shape index (κ2) is 9.79. The molecule has 0 aliphatic rings. The Kier molecular flexibility index (Phi) is 6.81. The van der Waals surface area contributed by atoms with Gasteiger partial charge in [-0.25, -0.2) is 9.59 Å². The molecule has 1 N–H and O–H groups in total. The third kappa shape index (κ3) is 4.47. The van der Waals surface area contributed by atoms with Gasteiger partial charge in [-0.3, -0.25) is 4.79 Å². The van der Waals surface area contributed by atoms with Crippen molar-refractivity contribution in [1.82, 2.24) is 0 Å². The highest BCUT2D eigenvalue weighted by Gasteiger charge is 2.28. The highest BCUT2D eigenvalue weighted by molar-refractivity contribution is 7.21. The number of thiophene rings is 2. The maximum atomic E-state index is 13.5. The highest BCUT2D eigenvalue weighted by atomic mass is 32.1. The molecule has 34 heavy (non-hydrogen) atoms. The number of esters is 2. The number of carbonyl (C=O) groups excluding carboxylic acids is 3. The van der Waals surface area contributed by atoms with Gasteiger partial charge in [0.1, 0.15) is 9.88 Å². The summed E-state index contributed by atoms with van der Waals surface area (Å²) in [4.78, 5) is 39.0. The van der Waals surface area contributed by atoms with Gasteiger partial charge in [-0.15, -0.1) is 22.7 Å². The molecule has 8 heteroatoms. The molecule has 0 saturated carbocycles. The van der Waals surface area contributed by atoms with Crippen molar-refractivity contribution in [2.45, 2.75) is 20.3 Å². The Morgan fingerprint density at radius 3 is 2.21 bits per heavy atom. The Balaban J connectivity index is 1.76. The van der Waals surface area contributed by atoms with E-state index in [9.17, 15) is 14.4 Å². The summed E-state index contributed by atoms with van der Waals surface area (Å²) in [7, 11) is 2.53. The average Bonchev–Trinajstić information content (AvgIpc) is 3.37. The second-order valence-electron chi connectivity index (χ2n) is 7.77. The molecule has 4 aromatic rings. The monoisotopic (exact) mass is 493 g/mol. The van der Waals surface area contributed by atoms with E-state index in [1.54, 1.807) is 6.92 Å². The van der Waals surface area contributed by atoms with Gasteiger partial charge in [0, 0.05) is 4.70 Å². The van der Waals surface area contributed by atoms with E-state index in [2.05, 4.69) is 29.6 Å². The quantitative estimate of drug-likeness (QED) is 0.333. The molecule has 0 fully saturated rings. The molecule has 0 radical (unpaired) electrons. The number of aryl methyl sites for hydroxylation is 1. The van der Waals surface area contributed by atoms with E-state index in [1.807, 2.05) is 31.2 Å². The van der Waals surface area contributed by atoms with Crippen molar-refractivity contribution in [2.24, 2.45) is 0 Å². The van der Waals surface area contributed by atoms with Crippen LogP contribution < -0.4 is 5.32 Å². The zero-order valence-electron chi connectivity index (χ0n) is 19.2. The van der Waals surface area contributed by atoms with E-state index < -0.39 is 11.9 Å². The summed E-state index contributed by atoms with van der Waals surface area (Å²) in [5.74, 6) is -1.54. The van der Waals surface area contributed by atoms with Crippen LogP contribution in [-0.2, 0) is 15.9 Å². The normalized spacial score (nSPS) is 10.8. The van der Waals surface area contributed by atoms with Crippen LogP contribution >= 0.6 is 22.7 Å². The fourth-order valence-electron chi connectivity index (χ4n) is 3.76. The fraction of sp³-hybridized carbons (Fsp3) is 0.192. The number of nitrogens with one attached hydrogen (secondary N) is 1. The minimum Gasteiger partial charge on any atom is -0.465 e. The van der Waals surface area contributed by atoms with Gasteiger partial charge in [0.05, 0.1) is 24.7 Å². The molecule has 0 aliphatic heterocycles. The van der Waals surface area contributed by atoms with Crippen LogP contribution in [0.25, 0.3) is 10.1 Å². The number of ether oxygens (including phenoxy) is 2. The molecule has 1 amide bonds. The Bertz CT molecular complexity index is 1400. The zero-order chi connectivity index (χ0) is 24.4. The fourth-order valence-corrected chi connectivity index (χ4v) is 5.99. The summed E-state index contributed by atoms with van der Waals surface area (Å²) in [6, 6.07) is 16.1. The van der Waals surface area contributed by atoms with E-state index in [1.165, 1.54) is 31.1 Å². The summed E-state index contributed by atoms with van der Waals surface area (Å²) >= 11 is 2.40. The van der Waals surface area contributed by atoms with Crippen LogP contribution in [0.3, 0.4) is 0 Å². The van der Waals surface area contributed by atoms with Gasteiger partial charge in [-0.05, 0) is 48.4 Å². The second-order valence-corrected chi connectivity index (χ2v) is 9.84. The molecule has 0 spiro atoms. The third-order valence-electron chi connectivity index (χ3n) is 5.54. The van der Waals surface area contributed by atoms with E-state index in [-0.39, 0.29) is 21.3 Å². The van der Waals surface area contributed by atoms with Crippen molar-refractivity contribution in [3.05, 3.63) is 86.1 Å². The van der Waals surface area contributed by atoms with Crippen LogP contribution in [0, 0.1) is 13.8 Å². The van der Waals surface area contributed by atoms with Crippen LogP contribution in [0.1, 0.15) is 52.0 Å². The van der Waals surface area contributed by atoms with E-state index in [0.29, 0.717) is 16.9 Å². The zero-order valence-corrected chi connectivity index (χ0v) is 20.8. The smallest absolute Gasteiger partial charge is 0.348 e. The van der Waals surface area contributed by atoms with Gasteiger partial charge >= 0.3 is 11.9 Å². The molecule has 174 valence electrons. The molecule has 4 rings (SSSR count). The molecule has 0 bridgehead atoms. The number of benzene rings is 2. The molecule has 2 aromatic heterocycles. The van der Waals surface area contributed by atoms with Crippen LogP contribution in [0.2, 0.25) is 0 Å². The third-order valence-corrected chi connectivity index (χ3v) is 7.94. The Morgan fingerprint density at radius 2 is 1.53 bits per heavy atom. The van der Waals surface area contributed by atoms with Crippen molar-refractivity contribution in [2.75, 3.05) is 19.5 Å². The average molecular weight is 494 g/mol. The first-order valence-electron chi connectivity index (χ1n) is 10.5. The molecule has 0 aliphatic carbocycles. The molecule has 0 atom stereocenters. The Morgan fingerprint density at radius 1 is 0.853 bits per heavy atom. The summed E-state index contributed by atoms with van der Waals surface area (Å²) in [6.45, 7) is 3.67. The van der Waals surface area contributed by atoms with Gasteiger partial charge in [-0.1, -0.05) is 48.0 Å². The van der Waals surface area contributed by atoms with Crippen molar-refractivity contribution in [3.63, 3.8) is 0 Å². The lowest BCUT2D eigenvalue weighted by Gasteiger charge is -2.08. The summed E-state index contributed by atoms with van der Waals surface area (Å²) < 4.78 is 10.7. The van der Waals surface area contributed by atoms with Crippen molar-refractivity contribution in [3.8, 4) is 0 Å². The molecule has 2 aromatic carbocycles. The summed E-state index contributed by atoms with van der Waals surface area (Å²) in [5.41, 5.74) is 3.75. The molecule has 0 saturated heterocycles. The van der Waals surface area contributed by atoms with Crippen LogP contribution in [0.15, 0.2) is 48.5 Å². The molecular formula is C26H23NO5S2. The van der Waals surface area contributed by atoms with Crippen molar-refractivity contribution >= 4 is 55.6 Å². The predicted octanol–water partition coefficient (Wildman–Crippen LogP) is 6.00. The molecule has 0 unspecified atom stereocenters. The topological polar surface area (TPSA) is 81.7 Å². The standard InChI is InChI=1S/C26H23NO5S2/c1-14-9-11-16(12-10-14)13-18-17-7-5-6-8-19(17)33-22(18)23(28)27-24-20(25(29)31-3)15(2)21(34-24)26(30)32-4/h5-12H,13H2,1-4H3,(H,27,28). The molecular weight excluding hydrogens is 470 g/mol. The van der Waals surface area contributed by atoms with Crippen LogP contribution in [0.4, 0.5) is 5.00 Å². The number of amides is 1. The number of anilines is 1. The van der Waals surface area contributed by atoms with Crippen LogP contribution in [0.5, 0.6) is 0 Å². The number of fused-ring (bicyclic) bond motifs is 1. The lowest BCUT2D eigenvalue weighted by atomic mass is 10.0. The van der Waals surface area contributed by atoms with Gasteiger partial charge in [0.15, 0.2) is 0 Å². The Labute approximate surface area is 205 Å². The Hall–Kier alpha value is -3.49. The first-order valence-corrected chi connectivity index (χ1v) is 12.1. The number of carbonyl (C=O) groups is 3. The maximum Gasteiger partial charge on any atom is 0.348 e. The minimum atomic E-state index is -0.629. The van der Waals surface area contributed by atoms with Gasteiger partial charge in [-0.2, -0.15) is 0 Å². The number of methoxy groups -OCH3 is 2. The maximum absolute atomic E-state index is 13.5.